The summed E-state index contributed by atoms with van der Waals surface area (Å²) in [5.41, 5.74) is 1.72. The van der Waals surface area contributed by atoms with E-state index in [1.54, 1.807) is 0 Å². The van der Waals surface area contributed by atoms with Gasteiger partial charge in [0.1, 0.15) is 5.75 Å². The Kier molecular flexibility index (Phi) is 7.56. The van der Waals surface area contributed by atoms with Crippen molar-refractivity contribution in [1.29, 1.82) is 0 Å². The molecule has 0 spiro atoms. The molecule has 0 unspecified atom stereocenters. The molecular formula is C25H37F3O. The standard InChI is InChI=1S/C25H37F3O/c1-19(2)7-6-18-24(16-4-3-5-17-24)22-12-8-20(9-13-22)21-10-14-23(15-11-21)29-25(26,27)28/h10-11,14-15,19-20,22H,3-9,12-13,16-18H2,1-2H3. The molecule has 2 fully saturated rings. The topological polar surface area (TPSA) is 9.23 Å². The van der Waals surface area contributed by atoms with Gasteiger partial charge in [-0.1, -0.05) is 58.1 Å². The average molecular weight is 411 g/mol. The zero-order valence-electron chi connectivity index (χ0n) is 18.1. The number of hydrogen-bond donors (Lipinski definition) is 0. The molecule has 0 bridgehead atoms. The van der Waals surface area contributed by atoms with Gasteiger partial charge in [-0.2, -0.15) is 0 Å². The molecule has 0 heterocycles. The summed E-state index contributed by atoms with van der Waals surface area (Å²) >= 11 is 0. The maximum atomic E-state index is 12.4. The van der Waals surface area contributed by atoms with E-state index in [2.05, 4.69) is 18.6 Å². The molecule has 0 aromatic heterocycles. The lowest BCUT2D eigenvalue weighted by Crippen LogP contribution is -2.35. The zero-order valence-corrected chi connectivity index (χ0v) is 18.1. The molecular weight excluding hydrogens is 373 g/mol. The third-order valence-electron chi connectivity index (χ3n) is 7.48. The Bertz CT molecular complexity index is 606. The summed E-state index contributed by atoms with van der Waals surface area (Å²) in [4.78, 5) is 0. The first-order chi connectivity index (χ1) is 13.8. The minimum atomic E-state index is -4.62. The summed E-state index contributed by atoms with van der Waals surface area (Å²) < 4.78 is 41.1. The molecule has 0 amide bonds. The predicted octanol–water partition coefficient (Wildman–Crippen LogP) is 8.64. The lowest BCUT2D eigenvalue weighted by atomic mass is 9.58. The van der Waals surface area contributed by atoms with Crippen molar-refractivity contribution in [2.75, 3.05) is 0 Å². The van der Waals surface area contributed by atoms with Crippen LogP contribution in [0.25, 0.3) is 0 Å². The van der Waals surface area contributed by atoms with E-state index in [-0.39, 0.29) is 5.75 Å². The van der Waals surface area contributed by atoms with Crippen LogP contribution in [0, 0.1) is 17.3 Å². The highest BCUT2D eigenvalue weighted by Gasteiger charge is 2.40. The van der Waals surface area contributed by atoms with Gasteiger partial charge in [0, 0.05) is 0 Å². The van der Waals surface area contributed by atoms with E-state index < -0.39 is 6.36 Å². The van der Waals surface area contributed by atoms with Gasteiger partial charge in [-0.05, 0) is 85.8 Å². The van der Waals surface area contributed by atoms with Crippen LogP contribution in [-0.4, -0.2) is 6.36 Å². The van der Waals surface area contributed by atoms with Crippen molar-refractivity contribution < 1.29 is 17.9 Å². The second-order valence-electron chi connectivity index (χ2n) is 9.87. The summed E-state index contributed by atoms with van der Waals surface area (Å²) in [6.45, 7) is 4.65. The molecule has 2 saturated carbocycles. The number of ether oxygens (including phenoxy) is 1. The fraction of sp³-hybridized carbons (Fsp3) is 0.760. The average Bonchev–Trinajstić information content (AvgIpc) is 2.68. The highest BCUT2D eigenvalue weighted by molar-refractivity contribution is 5.30. The van der Waals surface area contributed by atoms with Crippen molar-refractivity contribution in [1.82, 2.24) is 0 Å². The lowest BCUT2D eigenvalue weighted by Gasteiger charge is -2.47. The van der Waals surface area contributed by atoms with Crippen LogP contribution >= 0.6 is 0 Å². The third-order valence-corrected chi connectivity index (χ3v) is 7.48. The molecule has 164 valence electrons. The summed E-state index contributed by atoms with van der Waals surface area (Å²) in [6.07, 6.45) is 11.3. The molecule has 1 aromatic carbocycles. The zero-order chi connectivity index (χ0) is 20.9. The highest BCUT2D eigenvalue weighted by Crippen LogP contribution is 2.53. The number of benzene rings is 1. The molecule has 2 aliphatic carbocycles. The first-order valence-corrected chi connectivity index (χ1v) is 11.6. The third kappa shape index (κ3) is 6.39. The Morgan fingerprint density at radius 1 is 0.966 bits per heavy atom. The van der Waals surface area contributed by atoms with Crippen LogP contribution in [0.4, 0.5) is 13.2 Å². The smallest absolute Gasteiger partial charge is 0.406 e. The minimum Gasteiger partial charge on any atom is -0.406 e. The predicted molar refractivity (Wildman–Crippen MR) is 112 cm³/mol. The molecule has 0 atom stereocenters. The van der Waals surface area contributed by atoms with E-state index in [0.717, 1.165) is 30.2 Å². The normalized spacial score (nSPS) is 25.2. The Hall–Kier alpha value is -1.19. The van der Waals surface area contributed by atoms with Gasteiger partial charge in [-0.3, -0.25) is 0 Å². The van der Waals surface area contributed by atoms with Crippen molar-refractivity contribution in [3.05, 3.63) is 29.8 Å². The molecule has 29 heavy (non-hydrogen) atoms. The SMILES string of the molecule is CC(C)CCCC1(C2CCC(c3ccc(OC(F)(F)F)cc3)CC2)CCCCC1. The van der Waals surface area contributed by atoms with Gasteiger partial charge in [0.25, 0.3) is 0 Å². The van der Waals surface area contributed by atoms with Crippen molar-refractivity contribution in [2.24, 2.45) is 17.3 Å². The van der Waals surface area contributed by atoms with E-state index in [9.17, 15) is 13.2 Å². The van der Waals surface area contributed by atoms with Crippen LogP contribution in [0.2, 0.25) is 0 Å². The van der Waals surface area contributed by atoms with E-state index in [1.165, 1.54) is 76.3 Å². The maximum absolute atomic E-state index is 12.4. The van der Waals surface area contributed by atoms with Crippen LogP contribution in [0.1, 0.15) is 102 Å². The largest absolute Gasteiger partial charge is 0.573 e. The van der Waals surface area contributed by atoms with Crippen molar-refractivity contribution in [2.45, 2.75) is 103 Å². The lowest BCUT2D eigenvalue weighted by molar-refractivity contribution is -0.274. The molecule has 4 heteroatoms. The fourth-order valence-corrected chi connectivity index (χ4v) is 5.96. The van der Waals surface area contributed by atoms with Crippen molar-refractivity contribution in [3.63, 3.8) is 0 Å². The summed E-state index contributed by atoms with van der Waals surface area (Å²) in [7, 11) is 0. The van der Waals surface area contributed by atoms with Gasteiger partial charge >= 0.3 is 6.36 Å². The maximum Gasteiger partial charge on any atom is 0.573 e. The monoisotopic (exact) mass is 410 g/mol. The molecule has 1 aromatic rings. The molecule has 2 aliphatic rings. The molecule has 0 radical (unpaired) electrons. The molecule has 0 aliphatic heterocycles. The number of hydrogen-bond acceptors (Lipinski definition) is 1. The first-order valence-electron chi connectivity index (χ1n) is 11.6. The Balaban J connectivity index is 1.57. The van der Waals surface area contributed by atoms with Gasteiger partial charge in [0.05, 0.1) is 0 Å². The van der Waals surface area contributed by atoms with Crippen LogP contribution in [0.3, 0.4) is 0 Å². The van der Waals surface area contributed by atoms with E-state index in [1.807, 2.05) is 12.1 Å². The van der Waals surface area contributed by atoms with E-state index in [0.29, 0.717) is 11.3 Å². The van der Waals surface area contributed by atoms with Crippen LogP contribution in [0.15, 0.2) is 24.3 Å². The van der Waals surface area contributed by atoms with Gasteiger partial charge < -0.3 is 4.74 Å². The fourth-order valence-electron chi connectivity index (χ4n) is 5.96. The van der Waals surface area contributed by atoms with Gasteiger partial charge in [-0.25, -0.2) is 0 Å². The molecule has 0 saturated heterocycles. The Morgan fingerprint density at radius 2 is 1.59 bits per heavy atom. The second-order valence-corrected chi connectivity index (χ2v) is 9.87. The number of halogens is 3. The number of alkyl halides is 3. The van der Waals surface area contributed by atoms with Gasteiger partial charge in [-0.15, -0.1) is 13.2 Å². The van der Waals surface area contributed by atoms with Crippen molar-refractivity contribution >= 4 is 0 Å². The molecule has 0 N–H and O–H groups in total. The van der Waals surface area contributed by atoms with E-state index >= 15 is 0 Å². The second kappa shape index (κ2) is 9.75. The minimum absolute atomic E-state index is 0.124. The molecule has 1 nitrogen and oxygen atoms in total. The summed E-state index contributed by atoms with van der Waals surface area (Å²) in [6, 6.07) is 6.57. The van der Waals surface area contributed by atoms with Crippen LogP contribution in [-0.2, 0) is 0 Å². The highest BCUT2D eigenvalue weighted by atomic mass is 19.4. The first kappa shape index (κ1) is 22.5. The van der Waals surface area contributed by atoms with Gasteiger partial charge in [0.2, 0.25) is 0 Å². The van der Waals surface area contributed by atoms with Crippen LogP contribution < -0.4 is 4.74 Å². The summed E-state index contributed by atoms with van der Waals surface area (Å²) in [5, 5.41) is 0. The summed E-state index contributed by atoms with van der Waals surface area (Å²) in [5.74, 6) is 1.97. The van der Waals surface area contributed by atoms with Crippen LogP contribution in [0.5, 0.6) is 5.75 Å². The Morgan fingerprint density at radius 3 is 2.14 bits per heavy atom. The van der Waals surface area contributed by atoms with E-state index in [4.69, 9.17) is 0 Å². The Labute approximate surface area is 174 Å². The number of rotatable bonds is 7. The van der Waals surface area contributed by atoms with Crippen molar-refractivity contribution in [3.8, 4) is 5.75 Å². The van der Waals surface area contributed by atoms with Gasteiger partial charge in [0.15, 0.2) is 0 Å². The quantitative estimate of drug-likeness (QED) is 0.437. The molecule has 3 rings (SSSR count).